The van der Waals surface area contributed by atoms with Gasteiger partial charge in [0, 0.05) is 85.2 Å². The second kappa shape index (κ2) is 121. The van der Waals surface area contributed by atoms with Crippen LogP contribution in [0.15, 0.2) is 170 Å². The van der Waals surface area contributed by atoms with E-state index >= 15 is 0 Å². The lowest BCUT2D eigenvalue weighted by atomic mass is 10.0. The van der Waals surface area contributed by atoms with E-state index in [0.29, 0.717) is 120 Å². The third-order valence-electron chi connectivity index (χ3n) is 22.8. The molecule has 6 N–H and O–H groups in total. The molecule has 0 saturated carbocycles. The number of allylic oxidation sites excluding steroid dienone is 19. The van der Waals surface area contributed by atoms with Gasteiger partial charge in [-0.05, 0) is 184 Å². The quantitative estimate of drug-likeness (QED) is 0.0108. The van der Waals surface area contributed by atoms with Crippen molar-refractivity contribution in [1.82, 2.24) is 15.1 Å². The topological polar surface area (TPSA) is 337 Å². The zero-order valence-electron chi connectivity index (χ0n) is 94.8. The van der Waals surface area contributed by atoms with Crippen molar-refractivity contribution in [3.05, 3.63) is 170 Å². The van der Waals surface area contributed by atoms with Gasteiger partial charge in [-0.2, -0.15) is 8.42 Å². The Hall–Kier alpha value is -8.13. The first-order valence-electron chi connectivity index (χ1n) is 55.9. The van der Waals surface area contributed by atoms with Crippen molar-refractivity contribution in [2.24, 2.45) is 29.6 Å². The van der Waals surface area contributed by atoms with Crippen molar-refractivity contribution in [2.75, 3.05) is 87.7 Å². The molecule has 0 aromatic rings. The zero-order valence-corrected chi connectivity index (χ0v) is 95.6. The number of carboxylic acids is 2. The van der Waals surface area contributed by atoms with Gasteiger partial charge in [0.05, 0.1) is 52.5 Å². The highest BCUT2D eigenvalue weighted by Gasteiger charge is 2.13. The number of hydrogen-bond acceptors (Lipinski definition) is 19. The van der Waals surface area contributed by atoms with Gasteiger partial charge < -0.3 is 59.6 Å². The van der Waals surface area contributed by atoms with Crippen LogP contribution in [0.25, 0.3) is 0 Å². The summed E-state index contributed by atoms with van der Waals surface area (Å²) in [5.74, 6) is 1.00. The average Bonchev–Trinajstić information content (AvgIpc) is 1.00. The first-order valence-corrected chi connectivity index (χ1v) is 57.7. The SMILES string of the molecule is CCCCCC(O)/C=C/C=C\CCN(C)C(=O)CCCCCC(=O)OC.CCCCCC(O)/C=C/C=C\CCOC(=O)CCCCC(=O)O.CCCCC[C@H](C)/C=C/C=C\CCN(C)C(=O)CCCCCC(=O)OC.CCCCC[C@H](C)/C=C/C=C\CCNC.CCCCC[C@H](C)/C=C/C=C\CCO.CCCCC[C@H](C)/C=C/C=C\CCOC(=O)CCCCC(=O)O.CCCCC[C@H](C)/C=C/C=C\CCOS(C)(=O)=O. The number of aliphatic hydroxyl groups is 3. The van der Waals surface area contributed by atoms with Crippen LogP contribution in [0.4, 0.5) is 0 Å². The standard InChI is InChI=1S/C22H39NO3.C21H37NO4.C19H32O4.C18H30O5.C14H27N.C14H26O3S.C13H24O/c1-5-6-10-15-20(2)16-11-7-8-14-19-23(3)21(24)17-12-9-13-18-22(25)26-4;1-4-5-9-14-19(23)15-10-6-7-13-18-22(2)20(24)16-11-8-12-17-21(25)26-3;1-3-4-7-12-17(2)13-8-5-6-11-16-23-19(22)15-10-9-14-18(20)21;1-2-3-6-11-16(19)12-7-4-5-10-15-23-18(22)14-9-8-13-17(20)21;1-4-5-8-11-14(2)12-9-6-7-10-13-15-3;1-4-5-8-11-14(2)12-9-6-7-10-13-17-18(3,15)16;1-3-4-7-10-13(2)11-8-5-6-9-12-14/h7-8,11,16,20H,5-6,9-10,12-15,17-19H2,1-4H3;6-7,10,15,19,23H,4-5,8-9,11-14,16-18H2,1-3H3;5-6,8,13,17H,3-4,7,9-12,14-16H2,1-2H3,(H,20,21);4-5,7,12,16,19H,2-3,6,8-11,13-15H2,1H3,(H,20,21);6-7,9,12,14-15H,4-5,8,10-11,13H2,1-3H3;6-7,9,12,14H,4-5,8,10-11,13H2,1-3H3;5-6,8,11,13-14H,3-4,7,9-10,12H2,1-2H3/b8-7-,16-11+;7-6-,15-10+;6-5-,13-8+;5-4-,12-7+;2*7-6-,12-9+;6-5-,11-8+/t20-;;17-;;2*14-;13-/m0.0.000/s1. The highest BCUT2D eigenvalue weighted by Crippen LogP contribution is 2.18. The smallest absolute Gasteiger partial charge is 0.305 e. The summed E-state index contributed by atoms with van der Waals surface area (Å²) in [5.41, 5.74) is 0. The molecule has 0 aromatic heterocycles. The maximum atomic E-state index is 12.0. The fourth-order valence-corrected chi connectivity index (χ4v) is 13.8. The number of hydrogen-bond donors (Lipinski definition) is 6. The van der Waals surface area contributed by atoms with Gasteiger partial charge in [0.1, 0.15) is 0 Å². The molecular weight excluding hydrogens is 1850 g/mol. The third kappa shape index (κ3) is 138. The molecule has 0 aromatic carbocycles. The molecule has 0 aliphatic carbocycles. The number of aliphatic hydroxyl groups excluding tert-OH is 3. The molecular formula is C121H215N3O20S. The molecule has 2 unspecified atom stereocenters. The molecule has 0 rings (SSSR count). The second-order valence-electron chi connectivity index (χ2n) is 37.6. The summed E-state index contributed by atoms with van der Waals surface area (Å²) >= 11 is 0. The summed E-state index contributed by atoms with van der Waals surface area (Å²) in [7, 11) is 5.16. The van der Waals surface area contributed by atoms with Gasteiger partial charge in [0.15, 0.2) is 0 Å². The van der Waals surface area contributed by atoms with Gasteiger partial charge in [-0.25, -0.2) is 0 Å². The number of carboxylic acid groups (broad SMARTS) is 2. The third-order valence-corrected chi connectivity index (χ3v) is 23.4. The predicted molar refractivity (Wildman–Crippen MR) is 609 cm³/mol. The minimum absolute atomic E-state index is 0.0899. The van der Waals surface area contributed by atoms with Crippen LogP contribution in [0.3, 0.4) is 0 Å². The first kappa shape index (κ1) is 150. The van der Waals surface area contributed by atoms with Gasteiger partial charge >= 0.3 is 35.8 Å². The molecule has 0 fully saturated rings. The van der Waals surface area contributed by atoms with Crippen LogP contribution >= 0.6 is 0 Å². The number of methoxy groups -OCH3 is 2. The number of ether oxygens (including phenoxy) is 4. The maximum Gasteiger partial charge on any atom is 0.305 e. The summed E-state index contributed by atoms with van der Waals surface area (Å²) in [5, 5.41) is 48.0. The lowest BCUT2D eigenvalue weighted by molar-refractivity contribution is -0.144. The number of unbranched alkanes of at least 4 members (excludes halogenated alkanes) is 20. The number of carbonyl (C=O) groups excluding carboxylic acids is 6. The van der Waals surface area contributed by atoms with Gasteiger partial charge in [0.2, 0.25) is 11.8 Å². The first-order chi connectivity index (χ1) is 69.7. The number of rotatable bonds is 85. The Morgan fingerprint density at radius 3 is 0.834 bits per heavy atom. The van der Waals surface area contributed by atoms with Crippen molar-refractivity contribution in [3.8, 4) is 0 Å². The Balaban J connectivity index is -0.000000310. The summed E-state index contributed by atoms with van der Waals surface area (Å²) in [4.78, 5) is 92.9. The van der Waals surface area contributed by atoms with E-state index < -0.39 is 28.2 Å². The maximum absolute atomic E-state index is 12.0. The Kier molecular flexibility index (Phi) is 125. The number of esters is 4. The van der Waals surface area contributed by atoms with E-state index in [1.54, 1.807) is 15.9 Å². The minimum atomic E-state index is -3.30. The van der Waals surface area contributed by atoms with Crippen molar-refractivity contribution >= 4 is 57.7 Å². The molecule has 2 amide bonds. The highest BCUT2D eigenvalue weighted by molar-refractivity contribution is 7.86. The van der Waals surface area contributed by atoms with Crippen LogP contribution in [-0.2, 0) is 71.6 Å². The average molecular weight is 2060 g/mol. The molecule has 0 radical (unpaired) electrons. The van der Waals surface area contributed by atoms with Crippen LogP contribution in [0.2, 0.25) is 0 Å². The van der Waals surface area contributed by atoms with Crippen LogP contribution in [-0.4, -0.2) is 191 Å². The largest absolute Gasteiger partial charge is 0.481 e. The molecule has 145 heavy (non-hydrogen) atoms. The van der Waals surface area contributed by atoms with Gasteiger partial charge in [-0.1, -0.05) is 401 Å². The predicted octanol–water partition coefficient (Wildman–Crippen LogP) is 29.1. The van der Waals surface area contributed by atoms with Crippen molar-refractivity contribution in [1.29, 1.82) is 0 Å². The molecule has 0 spiro atoms. The second-order valence-corrected chi connectivity index (χ2v) is 39.2. The Labute approximate surface area is 886 Å². The number of nitrogens with one attached hydrogen (secondary N) is 1. The van der Waals surface area contributed by atoms with E-state index in [1.165, 1.54) is 143 Å². The number of nitrogens with zero attached hydrogens (tertiary/aromatic N) is 2. The summed E-state index contributed by atoms with van der Waals surface area (Å²) in [6, 6.07) is 0. The highest BCUT2D eigenvalue weighted by atomic mass is 32.2. The van der Waals surface area contributed by atoms with Crippen LogP contribution < -0.4 is 5.32 Å². The number of carbonyl (C=O) groups is 8. The molecule has 840 valence electrons. The Morgan fingerprint density at radius 1 is 0.310 bits per heavy atom. The number of aliphatic carboxylic acids is 2. The van der Waals surface area contributed by atoms with Crippen LogP contribution in [0.5, 0.6) is 0 Å². The van der Waals surface area contributed by atoms with Crippen molar-refractivity contribution in [3.63, 3.8) is 0 Å². The summed E-state index contributed by atoms with van der Waals surface area (Å²) < 4.78 is 45.3. The molecule has 0 bridgehead atoms. The van der Waals surface area contributed by atoms with Crippen LogP contribution in [0.1, 0.15) is 423 Å². The number of amides is 2. The molecule has 0 saturated heterocycles. The molecule has 0 heterocycles. The van der Waals surface area contributed by atoms with E-state index in [4.69, 9.17) is 24.8 Å². The van der Waals surface area contributed by atoms with Gasteiger partial charge in [-0.15, -0.1) is 0 Å². The lowest BCUT2D eigenvalue weighted by Gasteiger charge is -2.15. The van der Waals surface area contributed by atoms with E-state index in [1.807, 2.05) is 106 Å². The summed E-state index contributed by atoms with van der Waals surface area (Å²) in [6.45, 7) is 30.4. The van der Waals surface area contributed by atoms with Gasteiger partial charge in [0.25, 0.3) is 10.1 Å². The molecule has 0 aliphatic heterocycles. The fourth-order valence-electron chi connectivity index (χ4n) is 13.4. The Bertz CT molecular complexity index is 3380. The zero-order chi connectivity index (χ0) is 110. The fraction of sp³-hybridized carbons (Fsp3) is 0.702. The molecule has 24 heteroatoms. The Morgan fingerprint density at radius 2 is 0.559 bits per heavy atom. The monoisotopic (exact) mass is 2060 g/mol. The van der Waals surface area contributed by atoms with Crippen molar-refractivity contribution < 1.29 is 95.4 Å². The van der Waals surface area contributed by atoms with E-state index in [2.05, 4.69) is 181 Å². The molecule has 7 atom stereocenters. The van der Waals surface area contributed by atoms with E-state index in [9.17, 15) is 57.0 Å². The van der Waals surface area contributed by atoms with Crippen LogP contribution in [0, 0.1) is 29.6 Å². The lowest BCUT2D eigenvalue weighted by Crippen LogP contribution is -2.27. The van der Waals surface area contributed by atoms with E-state index in [-0.39, 0.29) is 74.3 Å². The molecule has 0 aliphatic rings. The summed E-state index contributed by atoms with van der Waals surface area (Å²) in [6.07, 6.45) is 107. The van der Waals surface area contributed by atoms with Crippen molar-refractivity contribution in [2.45, 2.75) is 436 Å². The minimum Gasteiger partial charge on any atom is -0.481 e. The van der Waals surface area contributed by atoms with Gasteiger partial charge in [-0.3, -0.25) is 42.5 Å². The normalized spacial score (nSPS) is 13.2. The molecule has 23 nitrogen and oxygen atoms in total. The van der Waals surface area contributed by atoms with E-state index in [0.717, 1.165) is 141 Å².